The van der Waals surface area contributed by atoms with Gasteiger partial charge in [-0.3, -0.25) is 0 Å². The summed E-state index contributed by atoms with van der Waals surface area (Å²) < 4.78 is 0. The van der Waals surface area contributed by atoms with Crippen molar-refractivity contribution in [3.8, 4) is 0 Å². The zero-order chi connectivity index (χ0) is 10.6. The van der Waals surface area contributed by atoms with Gasteiger partial charge >= 0.3 is 58.2 Å². The zero-order valence-corrected chi connectivity index (χ0v) is 14.6. The maximum absolute atomic E-state index is 4.90. The second-order valence-corrected chi connectivity index (χ2v) is 2.68. The molecular formula is C9H18N3O2Rb. The number of piperidine rings is 1. The summed E-state index contributed by atoms with van der Waals surface area (Å²) in [7, 11) is 0. The van der Waals surface area contributed by atoms with Crippen LogP contribution in [0.1, 0.15) is 19.8 Å². The third-order valence-electron chi connectivity index (χ3n) is 1.62. The van der Waals surface area contributed by atoms with Gasteiger partial charge < -0.3 is 15.0 Å². The molecule has 0 amide bonds. The fourth-order valence-corrected chi connectivity index (χ4v) is 1.04. The van der Waals surface area contributed by atoms with Crippen molar-refractivity contribution < 1.29 is 67.9 Å². The van der Waals surface area contributed by atoms with Gasteiger partial charge in [0, 0.05) is 13.4 Å². The Hall–Kier alpha value is 0.705. The number of nitrogens with zero attached hydrogens (tertiary/aromatic N) is 3. The quantitative estimate of drug-likeness (QED) is 0.481. The van der Waals surface area contributed by atoms with Gasteiger partial charge in [0.05, 0.1) is 0 Å². The Morgan fingerprint density at radius 1 is 1.40 bits per heavy atom. The largest absolute Gasteiger partial charge is 1.00 e. The molecule has 6 heteroatoms. The Labute approximate surface area is 140 Å². The predicted molar refractivity (Wildman–Crippen MR) is 57.9 cm³/mol. The molecule has 5 nitrogen and oxygen atoms in total. The van der Waals surface area contributed by atoms with Crippen LogP contribution in [-0.4, -0.2) is 39.2 Å². The average molecular weight is 286 g/mol. The van der Waals surface area contributed by atoms with Gasteiger partial charge in [-0.1, -0.05) is 6.42 Å². The van der Waals surface area contributed by atoms with Crippen LogP contribution in [0.25, 0.3) is 5.32 Å². The van der Waals surface area contributed by atoms with E-state index in [9.17, 15) is 0 Å². The summed E-state index contributed by atoms with van der Waals surface area (Å²) >= 11 is 0. The van der Waals surface area contributed by atoms with Crippen LogP contribution >= 0.6 is 0 Å². The topological polar surface area (TPSA) is 57.3 Å². The van der Waals surface area contributed by atoms with E-state index in [1.165, 1.54) is 0 Å². The Morgan fingerprint density at radius 2 is 2.13 bits per heavy atom. The summed E-state index contributed by atoms with van der Waals surface area (Å²) in [5.74, 6) is 0. The summed E-state index contributed by atoms with van der Waals surface area (Å²) in [6.07, 6.45) is 2.40. The fraction of sp³-hybridized carbons (Fsp3) is 0.778. The van der Waals surface area contributed by atoms with Crippen LogP contribution in [0.5, 0.6) is 0 Å². The molecule has 1 aliphatic heterocycles. The molecule has 0 radical (unpaired) electrons. The van der Waals surface area contributed by atoms with E-state index in [0.29, 0.717) is 6.61 Å². The van der Waals surface area contributed by atoms with Crippen molar-refractivity contribution in [3.05, 3.63) is 5.32 Å². The molecular weight excluding hydrogens is 268 g/mol. The van der Waals surface area contributed by atoms with E-state index in [2.05, 4.69) is 33.9 Å². The molecule has 1 heterocycles. The van der Waals surface area contributed by atoms with Gasteiger partial charge in [0.1, 0.15) is 12.7 Å². The molecule has 0 spiro atoms. The molecule has 1 fully saturated rings. The molecule has 1 atom stereocenters. The zero-order valence-electron chi connectivity index (χ0n) is 9.69. The standard InChI is InChI=1S/C6H11N2O.C3H7NO.Rb/c1-7-9-6-3-2-4-8-5-6;1-3-5-4-2;/h6H,1-5H2;2-3H2,1H3;/q-1;;+1/t6-;;/m1../s1. The van der Waals surface area contributed by atoms with Crippen molar-refractivity contribution >= 4 is 13.4 Å². The molecule has 1 rings (SSSR count). The summed E-state index contributed by atoms with van der Waals surface area (Å²) in [5.41, 5.74) is 0. The first-order valence-electron chi connectivity index (χ1n) is 4.68. The van der Waals surface area contributed by atoms with Crippen LogP contribution in [0.4, 0.5) is 0 Å². The third-order valence-corrected chi connectivity index (χ3v) is 1.62. The summed E-state index contributed by atoms with van der Waals surface area (Å²) in [6, 6.07) is 0. The maximum Gasteiger partial charge on any atom is 1.00 e. The molecule has 15 heavy (non-hydrogen) atoms. The van der Waals surface area contributed by atoms with Crippen LogP contribution in [-0.2, 0) is 9.68 Å². The van der Waals surface area contributed by atoms with Crippen molar-refractivity contribution in [2.24, 2.45) is 10.3 Å². The molecule has 0 aromatic rings. The van der Waals surface area contributed by atoms with E-state index in [4.69, 9.17) is 4.84 Å². The maximum atomic E-state index is 4.90. The Kier molecular flexibility index (Phi) is 17.7. The smallest absolute Gasteiger partial charge is 0.659 e. The van der Waals surface area contributed by atoms with Gasteiger partial charge in [0.2, 0.25) is 0 Å². The van der Waals surface area contributed by atoms with Crippen molar-refractivity contribution in [3.63, 3.8) is 0 Å². The van der Waals surface area contributed by atoms with Gasteiger partial charge in [-0.15, -0.1) is 23.4 Å². The van der Waals surface area contributed by atoms with E-state index in [1.54, 1.807) is 0 Å². The van der Waals surface area contributed by atoms with Crippen molar-refractivity contribution in [2.75, 3.05) is 19.7 Å². The Morgan fingerprint density at radius 3 is 2.47 bits per heavy atom. The molecule has 1 aliphatic rings. The van der Waals surface area contributed by atoms with Crippen LogP contribution < -0.4 is 58.2 Å². The van der Waals surface area contributed by atoms with E-state index < -0.39 is 0 Å². The van der Waals surface area contributed by atoms with Crippen LogP contribution in [0.15, 0.2) is 10.3 Å². The molecule has 1 saturated heterocycles. The Balaban J connectivity index is 0. The average Bonchev–Trinajstić information content (AvgIpc) is 2.22. The molecule has 0 aliphatic carbocycles. The van der Waals surface area contributed by atoms with E-state index >= 15 is 0 Å². The fourth-order valence-electron chi connectivity index (χ4n) is 1.04. The Bertz CT molecular complexity index is 152. The summed E-state index contributed by atoms with van der Waals surface area (Å²) in [5, 5.41) is 10.6. The number of rotatable bonds is 4. The molecule has 0 unspecified atom stereocenters. The van der Waals surface area contributed by atoms with Gasteiger partial charge in [-0.2, -0.15) is 0 Å². The molecule has 0 aromatic carbocycles. The summed E-state index contributed by atoms with van der Waals surface area (Å²) in [6.45, 7) is 10.6. The van der Waals surface area contributed by atoms with Crippen LogP contribution in [0, 0.1) is 0 Å². The van der Waals surface area contributed by atoms with Crippen molar-refractivity contribution in [1.82, 2.24) is 0 Å². The van der Waals surface area contributed by atoms with Crippen LogP contribution in [0.3, 0.4) is 0 Å². The second-order valence-electron chi connectivity index (χ2n) is 2.68. The number of oxime groups is 2. The molecule has 0 aromatic heterocycles. The second kappa shape index (κ2) is 14.7. The number of hydrogen-bond donors (Lipinski definition) is 0. The van der Waals surface area contributed by atoms with E-state index in [0.717, 1.165) is 25.9 Å². The molecule has 0 saturated carbocycles. The normalized spacial score (nSPS) is 18.6. The van der Waals surface area contributed by atoms with Crippen molar-refractivity contribution in [1.29, 1.82) is 0 Å². The van der Waals surface area contributed by atoms with Gasteiger partial charge in [-0.25, -0.2) is 0 Å². The van der Waals surface area contributed by atoms with Crippen LogP contribution in [0.2, 0.25) is 0 Å². The SMILES string of the molecule is C=NOCC.C=NO[C@@H]1CCC[N-]C1.[Rb+]. The predicted octanol–water partition coefficient (Wildman–Crippen LogP) is -1.20. The molecule has 82 valence electrons. The first-order chi connectivity index (χ1) is 6.85. The van der Waals surface area contributed by atoms with Gasteiger partial charge in [0.15, 0.2) is 0 Å². The first kappa shape index (κ1) is 18.1. The van der Waals surface area contributed by atoms with E-state index in [-0.39, 0.29) is 64.3 Å². The molecule has 0 N–H and O–H groups in total. The minimum absolute atomic E-state index is 0. The number of hydrogen-bond acceptors (Lipinski definition) is 4. The summed E-state index contributed by atoms with van der Waals surface area (Å²) in [4.78, 5) is 9.25. The van der Waals surface area contributed by atoms with Crippen molar-refractivity contribution in [2.45, 2.75) is 25.9 Å². The molecule has 0 bridgehead atoms. The monoisotopic (exact) mass is 285 g/mol. The van der Waals surface area contributed by atoms with E-state index in [1.807, 2.05) is 6.92 Å². The minimum atomic E-state index is 0. The minimum Gasteiger partial charge on any atom is -0.659 e. The van der Waals surface area contributed by atoms with Gasteiger partial charge in [0.25, 0.3) is 0 Å². The van der Waals surface area contributed by atoms with Gasteiger partial charge in [-0.05, 0) is 13.3 Å². The first-order valence-corrected chi connectivity index (χ1v) is 4.68. The third kappa shape index (κ3) is 12.6.